The van der Waals surface area contributed by atoms with Crippen molar-refractivity contribution in [1.82, 2.24) is 0 Å². The minimum atomic E-state index is 0.441. The van der Waals surface area contributed by atoms with E-state index in [1.165, 1.54) is 83.5 Å². The van der Waals surface area contributed by atoms with Crippen LogP contribution < -0.4 is 0 Å². The minimum absolute atomic E-state index is 0.441. The Balaban J connectivity index is 4.68. The SMILES string of the molecule is CCCCCCCCC(OCCC)C(CCC)(CCC)CCC. The molecule has 0 spiro atoms. The molecule has 0 rings (SSSR count). The topological polar surface area (TPSA) is 9.23 Å². The molecule has 1 nitrogen and oxygen atoms in total. The van der Waals surface area contributed by atoms with Crippen LogP contribution in [0.25, 0.3) is 0 Å². The first kappa shape index (κ1) is 23.0. The Hall–Kier alpha value is -0.0400. The zero-order chi connectivity index (χ0) is 17.4. The van der Waals surface area contributed by atoms with Crippen molar-refractivity contribution in [2.75, 3.05) is 6.61 Å². The number of rotatable bonds is 17. The third kappa shape index (κ3) is 9.75. The minimum Gasteiger partial charge on any atom is -0.378 e. The largest absolute Gasteiger partial charge is 0.378 e. The van der Waals surface area contributed by atoms with E-state index in [0.717, 1.165) is 13.0 Å². The van der Waals surface area contributed by atoms with Crippen molar-refractivity contribution < 1.29 is 4.74 Å². The molecule has 0 radical (unpaired) electrons. The molecule has 0 N–H and O–H groups in total. The lowest BCUT2D eigenvalue weighted by Crippen LogP contribution is -2.37. The maximum atomic E-state index is 6.44. The Labute approximate surface area is 148 Å². The second kappa shape index (κ2) is 15.5. The fourth-order valence-electron chi connectivity index (χ4n) is 4.29. The van der Waals surface area contributed by atoms with Gasteiger partial charge in [0.1, 0.15) is 0 Å². The van der Waals surface area contributed by atoms with Crippen LogP contribution in [-0.2, 0) is 4.74 Å². The lowest BCUT2D eigenvalue weighted by Gasteiger charge is -2.41. The fraction of sp³-hybridized carbons (Fsp3) is 1.00. The van der Waals surface area contributed by atoms with Gasteiger partial charge >= 0.3 is 0 Å². The fourth-order valence-corrected chi connectivity index (χ4v) is 4.29. The highest BCUT2D eigenvalue weighted by molar-refractivity contribution is 4.87. The summed E-state index contributed by atoms with van der Waals surface area (Å²) in [6, 6.07) is 0. The average Bonchev–Trinajstić information content (AvgIpc) is 2.54. The number of ether oxygens (including phenoxy) is 1. The van der Waals surface area contributed by atoms with Gasteiger partial charge in [0.15, 0.2) is 0 Å². The second-order valence-corrected chi connectivity index (χ2v) is 7.53. The van der Waals surface area contributed by atoms with Crippen molar-refractivity contribution in [3.63, 3.8) is 0 Å². The van der Waals surface area contributed by atoms with Gasteiger partial charge in [0, 0.05) is 6.61 Å². The smallest absolute Gasteiger partial charge is 0.0631 e. The van der Waals surface area contributed by atoms with Crippen molar-refractivity contribution in [3.05, 3.63) is 0 Å². The second-order valence-electron chi connectivity index (χ2n) is 7.53. The summed E-state index contributed by atoms with van der Waals surface area (Å²) in [7, 11) is 0. The summed E-state index contributed by atoms with van der Waals surface area (Å²) < 4.78 is 6.44. The molecule has 0 aromatic heterocycles. The van der Waals surface area contributed by atoms with Gasteiger partial charge in [-0.15, -0.1) is 0 Å². The van der Waals surface area contributed by atoms with E-state index in [2.05, 4.69) is 34.6 Å². The van der Waals surface area contributed by atoms with Crippen LogP contribution in [0.1, 0.15) is 125 Å². The zero-order valence-corrected chi connectivity index (χ0v) is 17.1. The summed E-state index contributed by atoms with van der Waals surface area (Å²) in [5.41, 5.74) is 0.441. The molecule has 0 fully saturated rings. The van der Waals surface area contributed by atoms with Crippen molar-refractivity contribution in [1.29, 1.82) is 0 Å². The van der Waals surface area contributed by atoms with Gasteiger partial charge in [-0.3, -0.25) is 0 Å². The van der Waals surface area contributed by atoms with E-state index in [4.69, 9.17) is 4.74 Å². The van der Waals surface area contributed by atoms with Gasteiger partial charge in [-0.2, -0.15) is 0 Å². The Morgan fingerprint density at radius 2 is 1.13 bits per heavy atom. The van der Waals surface area contributed by atoms with Crippen molar-refractivity contribution in [2.45, 2.75) is 131 Å². The molecule has 0 amide bonds. The average molecular weight is 327 g/mol. The molecule has 140 valence electrons. The maximum Gasteiger partial charge on any atom is 0.0631 e. The molecule has 0 aliphatic rings. The van der Waals surface area contributed by atoms with E-state index in [0.29, 0.717) is 11.5 Å². The van der Waals surface area contributed by atoms with E-state index >= 15 is 0 Å². The monoisotopic (exact) mass is 326 g/mol. The van der Waals surface area contributed by atoms with Crippen LogP contribution in [-0.4, -0.2) is 12.7 Å². The van der Waals surface area contributed by atoms with Gasteiger partial charge < -0.3 is 4.74 Å². The summed E-state index contributed by atoms with van der Waals surface area (Å²) in [5, 5.41) is 0. The van der Waals surface area contributed by atoms with Crippen LogP contribution in [0, 0.1) is 5.41 Å². The van der Waals surface area contributed by atoms with Gasteiger partial charge in [-0.05, 0) is 37.5 Å². The Bertz CT molecular complexity index is 219. The molecule has 0 heterocycles. The highest BCUT2D eigenvalue weighted by atomic mass is 16.5. The van der Waals surface area contributed by atoms with Crippen molar-refractivity contribution >= 4 is 0 Å². The highest BCUT2D eigenvalue weighted by Gasteiger charge is 2.36. The summed E-state index contributed by atoms with van der Waals surface area (Å²) in [5.74, 6) is 0. The third-order valence-corrected chi connectivity index (χ3v) is 5.27. The first-order chi connectivity index (χ1) is 11.2. The van der Waals surface area contributed by atoms with Crippen LogP contribution in [0.4, 0.5) is 0 Å². The van der Waals surface area contributed by atoms with E-state index in [-0.39, 0.29) is 0 Å². The molecule has 1 unspecified atom stereocenters. The summed E-state index contributed by atoms with van der Waals surface area (Å²) in [4.78, 5) is 0. The molecule has 1 atom stereocenters. The maximum absolute atomic E-state index is 6.44. The van der Waals surface area contributed by atoms with Crippen LogP contribution >= 0.6 is 0 Å². The van der Waals surface area contributed by atoms with E-state index < -0.39 is 0 Å². The summed E-state index contributed by atoms with van der Waals surface area (Å²) in [6.07, 6.45) is 19.2. The van der Waals surface area contributed by atoms with Crippen LogP contribution in [0.15, 0.2) is 0 Å². The van der Waals surface area contributed by atoms with Crippen molar-refractivity contribution in [3.8, 4) is 0 Å². The quantitative estimate of drug-likeness (QED) is 0.247. The Kier molecular flexibility index (Phi) is 15.5. The lowest BCUT2D eigenvalue weighted by molar-refractivity contribution is -0.0619. The van der Waals surface area contributed by atoms with Gasteiger partial charge in [0.25, 0.3) is 0 Å². The lowest BCUT2D eigenvalue weighted by atomic mass is 9.70. The van der Waals surface area contributed by atoms with Crippen molar-refractivity contribution in [2.24, 2.45) is 5.41 Å². The number of unbranched alkanes of at least 4 members (excludes halogenated alkanes) is 5. The molecular weight excluding hydrogens is 280 g/mol. The normalized spacial score (nSPS) is 13.4. The standard InChI is InChI=1S/C22H46O/c1-6-11-12-13-14-15-16-21(23-20-10-5)22(17-7-2,18-8-3)19-9-4/h21H,6-20H2,1-5H3. The number of hydrogen-bond donors (Lipinski definition) is 0. The first-order valence-electron chi connectivity index (χ1n) is 10.8. The van der Waals surface area contributed by atoms with E-state index in [1.807, 2.05) is 0 Å². The Morgan fingerprint density at radius 3 is 1.61 bits per heavy atom. The summed E-state index contributed by atoms with van der Waals surface area (Å²) in [6.45, 7) is 12.5. The molecule has 23 heavy (non-hydrogen) atoms. The predicted octanol–water partition coefficient (Wildman–Crippen LogP) is 7.92. The molecule has 1 heteroatoms. The molecule has 0 saturated heterocycles. The molecule has 0 aromatic rings. The molecular formula is C22H46O. The molecule has 0 bridgehead atoms. The molecule has 0 aliphatic carbocycles. The van der Waals surface area contributed by atoms with E-state index in [9.17, 15) is 0 Å². The first-order valence-corrected chi connectivity index (χ1v) is 10.8. The van der Waals surface area contributed by atoms with Crippen LogP contribution in [0.5, 0.6) is 0 Å². The number of hydrogen-bond acceptors (Lipinski definition) is 1. The third-order valence-electron chi connectivity index (χ3n) is 5.27. The van der Waals surface area contributed by atoms with Crippen LogP contribution in [0.2, 0.25) is 0 Å². The van der Waals surface area contributed by atoms with Gasteiger partial charge in [-0.1, -0.05) is 92.4 Å². The van der Waals surface area contributed by atoms with Gasteiger partial charge in [0.2, 0.25) is 0 Å². The Morgan fingerprint density at radius 1 is 0.609 bits per heavy atom. The zero-order valence-electron chi connectivity index (χ0n) is 17.1. The van der Waals surface area contributed by atoms with Gasteiger partial charge in [0.05, 0.1) is 6.10 Å². The highest BCUT2D eigenvalue weighted by Crippen LogP contribution is 2.42. The molecule has 0 aromatic carbocycles. The molecule has 0 aliphatic heterocycles. The van der Waals surface area contributed by atoms with Gasteiger partial charge in [-0.25, -0.2) is 0 Å². The molecule has 0 saturated carbocycles. The van der Waals surface area contributed by atoms with Crippen LogP contribution in [0.3, 0.4) is 0 Å². The predicted molar refractivity (Wildman–Crippen MR) is 105 cm³/mol. The summed E-state index contributed by atoms with van der Waals surface area (Å²) >= 11 is 0. The van der Waals surface area contributed by atoms with E-state index in [1.54, 1.807) is 0 Å².